The number of rotatable bonds is 8. The molecule has 1 heterocycles. The Kier molecular flexibility index (Phi) is 7.50. The topological polar surface area (TPSA) is 26.8 Å². The molecule has 0 aliphatic carbocycles. The van der Waals surface area contributed by atoms with Gasteiger partial charge in [0.1, 0.15) is 5.82 Å². The Hall–Kier alpha value is -1.62. The van der Waals surface area contributed by atoms with Crippen molar-refractivity contribution in [2.24, 2.45) is 0 Å². The third-order valence-electron chi connectivity index (χ3n) is 4.55. The average molecular weight is 335 g/mol. The summed E-state index contributed by atoms with van der Waals surface area (Å²) >= 11 is 0. The van der Waals surface area contributed by atoms with E-state index in [0.717, 1.165) is 32.5 Å². The molecule has 1 fully saturated rings. The summed E-state index contributed by atoms with van der Waals surface area (Å²) < 4.78 is 13.9. The number of carbonyl (C=O) groups is 1. The Morgan fingerprint density at radius 2 is 1.67 bits per heavy atom. The number of amides is 1. The molecule has 134 valence electrons. The first-order valence-corrected chi connectivity index (χ1v) is 9.15. The number of benzene rings is 1. The summed E-state index contributed by atoms with van der Waals surface area (Å²) in [6.45, 7) is 10.0. The fraction of sp³-hybridized carbons (Fsp3) is 0.632. The third kappa shape index (κ3) is 5.20. The summed E-state index contributed by atoms with van der Waals surface area (Å²) in [7, 11) is 0. The minimum Gasteiger partial charge on any atom is -0.366 e. The lowest BCUT2D eigenvalue weighted by atomic mass is 10.2. The van der Waals surface area contributed by atoms with Crippen LogP contribution in [0.2, 0.25) is 0 Å². The summed E-state index contributed by atoms with van der Waals surface area (Å²) in [5.74, 6) is 0.0347. The van der Waals surface area contributed by atoms with Crippen LogP contribution in [-0.4, -0.2) is 61.5 Å². The van der Waals surface area contributed by atoms with Crippen molar-refractivity contribution in [3.63, 3.8) is 0 Å². The maximum absolute atomic E-state index is 13.9. The first kappa shape index (κ1) is 18.7. The van der Waals surface area contributed by atoms with Crippen LogP contribution < -0.4 is 4.90 Å². The molecule has 0 N–H and O–H groups in total. The zero-order chi connectivity index (χ0) is 17.4. The lowest BCUT2D eigenvalue weighted by molar-refractivity contribution is -0.131. The molecule has 24 heavy (non-hydrogen) atoms. The zero-order valence-corrected chi connectivity index (χ0v) is 15.0. The van der Waals surface area contributed by atoms with Crippen LogP contribution in [0.15, 0.2) is 24.3 Å². The van der Waals surface area contributed by atoms with Gasteiger partial charge in [-0.05, 0) is 38.1 Å². The van der Waals surface area contributed by atoms with Crippen LogP contribution in [0.1, 0.15) is 33.1 Å². The highest BCUT2D eigenvalue weighted by molar-refractivity contribution is 5.76. The molecule has 0 aromatic heterocycles. The SMILES string of the molecule is CCCN(CCC)CCC(=O)N1CCN(c2ccccc2F)CC1. The third-order valence-corrected chi connectivity index (χ3v) is 4.55. The van der Waals surface area contributed by atoms with E-state index in [9.17, 15) is 9.18 Å². The fourth-order valence-corrected chi connectivity index (χ4v) is 3.28. The number of para-hydroxylation sites is 1. The Morgan fingerprint density at radius 3 is 2.25 bits per heavy atom. The van der Waals surface area contributed by atoms with Crippen molar-refractivity contribution < 1.29 is 9.18 Å². The van der Waals surface area contributed by atoms with E-state index < -0.39 is 0 Å². The first-order chi connectivity index (χ1) is 11.7. The van der Waals surface area contributed by atoms with E-state index >= 15 is 0 Å². The molecule has 1 aromatic rings. The van der Waals surface area contributed by atoms with Gasteiger partial charge in [-0.25, -0.2) is 4.39 Å². The normalized spacial score (nSPS) is 15.2. The second kappa shape index (κ2) is 9.62. The summed E-state index contributed by atoms with van der Waals surface area (Å²) in [5.41, 5.74) is 0.640. The van der Waals surface area contributed by atoms with Gasteiger partial charge < -0.3 is 14.7 Å². The smallest absolute Gasteiger partial charge is 0.223 e. The maximum Gasteiger partial charge on any atom is 0.223 e. The van der Waals surface area contributed by atoms with E-state index in [1.165, 1.54) is 6.07 Å². The van der Waals surface area contributed by atoms with Gasteiger partial charge in [0.05, 0.1) is 5.69 Å². The van der Waals surface area contributed by atoms with Gasteiger partial charge in [-0.1, -0.05) is 26.0 Å². The van der Waals surface area contributed by atoms with Gasteiger partial charge in [0, 0.05) is 39.1 Å². The number of anilines is 1. The second-order valence-electron chi connectivity index (χ2n) is 6.41. The van der Waals surface area contributed by atoms with E-state index in [0.29, 0.717) is 38.3 Å². The van der Waals surface area contributed by atoms with Crippen LogP contribution in [0.25, 0.3) is 0 Å². The molecule has 2 rings (SSSR count). The lowest BCUT2D eigenvalue weighted by Gasteiger charge is -2.36. The number of hydrogen-bond donors (Lipinski definition) is 0. The van der Waals surface area contributed by atoms with E-state index in [1.807, 2.05) is 15.9 Å². The molecule has 4 nitrogen and oxygen atoms in total. The number of hydrogen-bond acceptors (Lipinski definition) is 3. The monoisotopic (exact) mass is 335 g/mol. The standard InChI is InChI=1S/C19H30FN3O/c1-3-10-21(11-4-2)12-9-19(24)23-15-13-22(14-16-23)18-8-6-5-7-17(18)20/h5-8H,3-4,9-16H2,1-2H3. The molecule has 0 spiro atoms. The van der Waals surface area contributed by atoms with Crippen molar-refractivity contribution in [3.05, 3.63) is 30.1 Å². The van der Waals surface area contributed by atoms with Crippen molar-refractivity contribution in [2.45, 2.75) is 33.1 Å². The lowest BCUT2D eigenvalue weighted by Crippen LogP contribution is -2.49. The van der Waals surface area contributed by atoms with Gasteiger partial charge in [0.2, 0.25) is 5.91 Å². The van der Waals surface area contributed by atoms with E-state index in [4.69, 9.17) is 0 Å². The van der Waals surface area contributed by atoms with Crippen LogP contribution >= 0.6 is 0 Å². The Labute approximate surface area is 145 Å². The first-order valence-electron chi connectivity index (χ1n) is 9.15. The molecule has 1 amide bonds. The van der Waals surface area contributed by atoms with Gasteiger partial charge in [-0.15, -0.1) is 0 Å². The molecule has 1 aliphatic heterocycles. The summed E-state index contributed by atoms with van der Waals surface area (Å²) in [4.78, 5) is 18.7. The van der Waals surface area contributed by atoms with Gasteiger partial charge in [0.25, 0.3) is 0 Å². The molecule has 5 heteroatoms. The molecular weight excluding hydrogens is 305 g/mol. The highest BCUT2D eigenvalue weighted by atomic mass is 19.1. The van der Waals surface area contributed by atoms with Crippen LogP contribution in [0.4, 0.5) is 10.1 Å². The molecule has 1 aromatic carbocycles. The Balaban J connectivity index is 1.79. The van der Waals surface area contributed by atoms with Crippen LogP contribution in [-0.2, 0) is 4.79 Å². The number of nitrogens with zero attached hydrogens (tertiary/aromatic N) is 3. The van der Waals surface area contributed by atoms with Gasteiger partial charge >= 0.3 is 0 Å². The quantitative estimate of drug-likeness (QED) is 0.731. The minimum atomic E-state index is -0.188. The van der Waals surface area contributed by atoms with Gasteiger partial charge in [-0.3, -0.25) is 4.79 Å². The van der Waals surface area contributed by atoms with E-state index in [2.05, 4.69) is 18.7 Å². The summed E-state index contributed by atoms with van der Waals surface area (Å²) in [6.07, 6.45) is 2.82. The number of piperazine rings is 1. The number of carbonyl (C=O) groups excluding carboxylic acids is 1. The van der Waals surface area contributed by atoms with E-state index in [1.54, 1.807) is 12.1 Å². The number of halogens is 1. The van der Waals surface area contributed by atoms with Crippen LogP contribution in [0, 0.1) is 5.82 Å². The highest BCUT2D eigenvalue weighted by Gasteiger charge is 2.22. The van der Waals surface area contributed by atoms with Crippen molar-refractivity contribution in [1.82, 2.24) is 9.80 Å². The Morgan fingerprint density at radius 1 is 1.04 bits per heavy atom. The Bertz CT molecular complexity index is 509. The van der Waals surface area contributed by atoms with Gasteiger partial charge in [-0.2, -0.15) is 0 Å². The van der Waals surface area contributed by atoms with Crippen LogP contribution in [0.5, 0.6) is 0 Å². The van der Waals surface area contributed by atoms with Crippen molar-refractivity contribution in [3.8, 4) is 0 Å². The zero-order valence-electron chi connectivity index (χ0n) is 15.0. The van der Waals surface area contributed by atoms with Crippen molar-refractivity contribution in [1.29, 1.82) is 0 Å². The molecule has 1 saturated heterocycles. The van der Waals surface area contributed by atoms with E-state index in [-0.39, 0.29) is 11.7 Å². The van der Waals surface area contributed by atoms with Crippen molar-refractivity contribution >= 4 is 11.6 Å². The predicted octanol–water partition coefficient (Wildman–Crippen LogP) is 2.99. The molecule has 0 atom stereocenters. The molecule has 0 unspecified atom stereocenters. The largest absolute Gasteiger partial charge is 0.366 e. The average Bonchev–Trinajstić information content (AvgIpc) is 2.60. The molecule has 0 radical (unpaired) electrons. The van der Waals surface area contributed by atoms with Crippen molar-refractivity contribution in [2.75, 3.05) is 50.7 Å². The minimum absolute atomic E-state index is 0.188. The summed E-state index contributed by atoms with van der Waals surface area (Å²) in [6, 6.07) is 6.85. The van der Waals surface area contributed by atoms with Gasteiger partial charge in [0.15, 0.2) is 0 Å². The second-order valence-corrected chi connectivity index (χ2v) is 6.41. The summed E-state index contributed by atoms with van der Waals surface area (Å²) in [5, 5.41) is 0. The molecule has 0 bridgehead atoms. The fourth-order valence-electron chi connectivity index (χ4n) is 3.28. The molecule has 1 aliphatic rings. The molecule has 0 saturated carbocycles. The molecular formula is C19H30FN3O. The highest BCUT2D eigenvalue weighted by Crippen LogP contribution is 2.20. The van der Waals surface area contributed by atoms with Crippen LogP contribution in [0.3, 0.4) is 0 Å². The predicted molar refractivity (Wildman–Crippen MR) is 96.8 cm³/mol. The maximum atomic E-state index is 13.9.